The smallest absolute Gasteiger partial charge is 0.256 e. The number of aryl methyl sites for hydroxylation is 1. The third-order valence-corrected chi connectivity index (χ3v) is 7.26. The zero-order valence-corrected chi connectivity index (χ0v) is 20.6. The molecule has 0 saturated carbocycles. The number of thiazole rings is 1. The molecule has 34 heavy (non-hydrogen) atoms. The molecule has 3 heterocycles. The second-order valence-electron chi connectivity index (χ2n) is 8.69. The first-order valence-corrected chi connectivity index (χ1v) is 12.6. The van der Waals surface area contributed by atoms with E-state index in [9.17, 15) is 4.79 Å². The third kappa shape index (κ3) is 5.04. The predicted molar refractivity (Wildman–Crippen MR) is 131 cm³/mol. The second-order valence-corrected chi connectivity index (χ2v) is 9.80. The molecule has 1 aliphatic heterocycles. The van der Waals surface area contributed by atoms with Crippen molar-refractivity contribution in [2.75, 3.05) is 6.61 Å². The van der Waals surface area contributed by atoms with Crippen LogP contribution >= 0.6 is 11.3 Å². The zero-order valence-electron chi connectivity index (χ0n) is 19.8. The van der Waals surface area contributed by atoms with Crippen LogP contribution in [-0.2, 0) is 16.8 Å². The van der Waals surface area contributed by atoms with Crippen LogP contribution in [0.2, 0.25) is 0 Å². The van der Waals surface area contributed by atoms with Gasteiger partial charge in [0.05, 0.1) is 17.7 Å². The number of carbonyl (C=O) groups is 1. The molecule has 2 aromatic heterocycles. The van der Waals surface area contributed by atoms with Crippen LogP contribution in [0.4, 0.5) is 4.39 Å². The molecular formula is C25H30FN5O2S. The van der Waals surface area contributed by atoms with Gasteiger partial charge < -0.3 is 10.1 Å². The molecule has 1 atom stereocenters. The topological polar surface area (TPSA) is 92.8 Å². The van der Waals surface area contributed by atoms with Crippen molar-refractivity contribution in [3.8, 4) is 5.75 Å². The number of nitrogens with zero attached hydrogens (tertiary/aromatic N) is 3. The molecule has 0 saturated heterocycles. The molecule has 1 aliphatic rings. The number of hydrogen-bond donors (Lipinski definition) is 2. The van der Waals surface area contributed by atoms with E-state index in [0.717, 1.165) is 41.1 Å². The van der Waals surface area contributed by atoms with E-state index < -0.39 is 11.4 Å². The van der Waals surface area contributed by atoms with Crippen molar-refractivity contribution in [1.29, 1.82) is 0 Å². The number of rotatable bonds is 10. The SMILES string of the molecule is CCCCCCOc1ccc(C2(C)CC(c3ncc(CC)s3)=C(c3ncn[nH]3)C(=O)N2)c(F)c1. The predicted octanol–water partition coefficient (Wildman–Crippen LogP) is 5.27. The molecule has 0 radical (unpaired) electrons. The number of aromatic amines is 1. The second kappa shape index (κ2) is 10.5. The maximum absolute atomic E-state index is 15.3. The van der Waals surface area contributed by atoms with Gasteiger partial charge in [0.15, 0.2) is 5.82 Å². The van der Waals surface area contributed by atoms with Crippen LogP contribution in [0.25, 0.3) is 11.1 Å². The summed E-state index contributed by atoms with van der Waals surface area (Å²) < 4.78 is 21.0. The number of benzene rings is 1. The molecule has 1 amide bonds. The van der Waals surface area contributed by atoms with Gasteiger partial charge in [-0.15, -0.1) is 11.3 Å². The Morgan fingerprint density at radius 1 is 1.21 bits per heavy atom. The standard InChI is InChI=1S/C25H30FN5O2S/c1-4-6-7-8-11-33-16-9-10-19(20(26)12-16)25(3)13-18(24-27-14-17(5-2)34-24)21(23(32)30-25)22-28-15-29-31-22/h9-10,12,14-15H,4-8,11,13H2,1-3H3,(H,30,32)(H,28,29,31). The molecule has 180 valence electrons. The van der Waals surface area contributed by atoms with E-state index in [-0.39, 0.29) is 5.91 Å². The van der Waals surface area contributed by atoms with Crippen molar-refractivity contribution < 1.29 is 13.9 Å². The van der Waals surface area contributed by atoms with Crippen molar-refractivity contribution in [1.82, 2.24) is 25.5 Å². The highest BCUT2D eigenvalue weighted by molar-refractivity contribution is 7.12. The number of H-pyrrole nitrogens is 1. The fraction of sp³-hybridized carbons (Fsp3) is 0.440. The molecule has 0 fully saturated rings. The molecular weight excluding hydrogens is 453 g/mol. The average Bonchev–Trinajstić information content (AvgIpc) is 3.50. The number of nitrogens with one attached hydrogen (secondary N) is 2. The Labute approximate surface area is 202 Å². The number of unbranched alkanes of at least 4 members (excludes halogenated alkanes) is 3. The molecule has 0 bridgehead atoms. The number of carbonyl (C=O) groups excluding carboxylic acids is 1. The Morgan fingerprint density at radius 3 is 2.74 bits per heavy atom. The van der Waals surface area contributed by atoms with E-state index in [1.165, 1.54) is 30.2 Å². The molecule has 4 rings (SSSR count). The first-order chi connectivity index (χ1) is 16.4. The monoisotopic (exact) mass is 483 g/mol. The summed E-state index contributed by atoms with van der Waals surface area (Å²) in [5.41, 5.74) is 0.556. The van der Waals surface area contributed by atoms with E-state index in [2.05, 4.69) is 39.3 Å². The Kier molecular flexibility index (Phi) is 7.41. The van der Waals surface area contributed by atoms with Gasteiger partial charge in [-0.2, -0.15) is 5.10 Å². The minimum Gasteiger partial charge on any atom is -0.493 e. The summed E-state index contributed by atoms with van der Waals surface area (Å²) in [4.78, 5) is 23.2. The maximum Gasteiger partial charge on any atom is 0.256 e. The van der Waals surface area contributed by atoms with Crippen LogP contribution in [0.1, 0.15) is 74.1 Å². The van der Waals surface area contributed by atoms with Crippen LogP contribution in [0.5, 0.6) is 5.75 Å². The molecule has 0 spiro atoms. The van der Waals surface area contributed by atoms with Gasteiger partial charge in [-0.05, 0) is 25.8 Å². The summed E-state index contributed by atoms with van der Waals surface area (Å²) >= 11 is 1.53. The minimum atomic E-state index is -0.961. The molecule has 2 N–H and O–H groups in total. The molecule has 1 aromatic carbocycles. The van der Waals surface area contributed by atoms with E-state index in [4.69, 9.17) is 4.74 Å². The van der Waals surface area contributed by atoms with Gasteiger partial charge in [-0.1, -0.05) is 39.2 Å². The van der Waals surface area contributed by atoms with Crippen LogP contribution < -0.4 is 10.1 Å². The molecule has 0 aliphatic carbocycles. The first-order valence-electron chi connectivity index (χ1n) is 11.7. The van der Waals surface area contributed by atoms with Gasteiger partial charge in [-0.25, -0.2) is 14.4 Å². The van der Waals surface area contributed by atoms with Crippen molar-refractivity contribution in [2.24, 2.45) is 0 Å². The number of hydrogen-bond acceptors (Lipinski definition) is 6. The number of halogens is 1. The lowest BCUT2D eigenvalue weighted by Crippen LogP contribution is -2.48. The number of aromatic nitrogens is 4. The van der Waals surface area contributed by atoms with Crippen molar-refractivity contribution in [3.63, 3.8) is 0 Å². The Bertz CT molecular complexity index is 1170. The summed E-state index contributed by atoms with van der Waals surface area (Å²) in [5.74, 6) is 0.110. The normalized spacial score (nSPS) is 18.3. The van der Waals surface area contributed by atoms with Gasteiger partial charge in [-0.3, -0.25) is 9.89 Å². The van der Waals surface area contributed by atoms with Gasteiger partial charge >= 0.3 is 0 Å². The van der Waals surface area contributed by atoms with Gasteiger partial charge in [0.25, 0.3) is 5.91 Å². The highest BCUT2D eigenvalue weighted by Gasteiger charge is 2.41. The van der Waals surface area contributed by atoms with E-state index in [0.29, 0.717) is 35.7 Å². The number of amides is 1. The van der Waals surface area contributed by atoms with Crippen molar-refractivity contribution in [3.05, 3.63) is 57.8 Å². The molecule has 3 aromatic rings. The Morgan fingerprint density at radius 2 is 2.06 bits per heavy atom. The summed E-state index contributed by atoms with van der Waals surface area (Å²) in [7, 11) is 0. The minimum absolute atomic E-state index is 0.343. The van der Waals surface area contributed by atoms with Crippen LogP contribution in [0.3, 0.4) is 0 Å². The Hall–Kier alpha value is -3.07. The summed E-state index contributed by atoms with van der Waals surface area (Å²) in [6.07, 6.45) is 8.75. The first kappa shape index (κ1) is 24.1. The lowest BCUT2D eigenvalue weighted by Gasteiger charge is -2.37. The fourth-order valence-electron chi connectivity index (χ4n) is 4.22. The van der Waals surface area contributed by atoms with Crippen LogP contribution in [-0.4, -0.2) is 32.7 Å². The van der Waals surface area contributed by atoms with E-state index >= 15 is 4.39 Å². The zero-order chi connectivity index (χ0) is 24.1. The highest BCUT2D eigenvalue weighted by Crippen LogP contribution is 2.43. The van der Waals surface area contributed by atoms with Gasteiger partial charge in [0, 0.05) is 34.7 Å². The maximum atomic E-state index is 15.3. The van der Waals surface area contributed by atoms with E-state index in [1.54, 1.807) is 12.1 Å². The molecule has 9 heteroatoms. The Balaban J connectivity index is 1.64. The van der Waals surface area contributed by atoms with Gasteiger partial charge in [0.1, 0.15) is 22.9 Å². The van der Waals surface area contributed by atoms with Crippen LogP contribution in [0, 0.1) is 5.82 Å². The van der Waals surface area contributed by atoms with E-state index in [1.807, 2.05) is 13.1 Å². The molecule has 7 nitrogen and oxygen atoms in total. The highest BCUT2D eigenvalue weighted by atomic mass is 32.1. The summed E-state index contributed by atoms with van der Waals surface area (Å²) in [6.45, 7) is 6.61. The van der Waals surface area contributed by atoms with Gasteiger partial charge in [0.2, 0.25) is 0 Å². The summed E-state index contributed by atoms with van der Waals surface area (Å²) in [6, 6.07) is 4.87. The van der Waals surface area contributed by atoms with Crippen molar-refractivity contribution in [2.45, 2.75) is 64.8 Å². The van der Waals surface area contributed by atoms with Crippen molar-refractivity contribution >= 4 is 28.4 Å². The average molecular weight is 484 g/mol. The number of ether oxygens (including phenoxy) is 1. The van der Waals surface area contributed by atoms with Crippen LogP contribution in [0.15, 0.2) is 30.7 Å². The lowest BCUT2D eigenvalue weighted by atomic mass is 9.80. The summed E-state index contributed by atoms with van der Waals surface area (Å²) in [5, 5.41) is 10.4. The third-order valence-electron chi connectivity index (χ3n) is 6.06. The molecule has 1 unspecified atom stereocenters. The largest absolute Gasteiger partial charge is 0.493 e. The fourth-order valence-corrected chi connectivity index (χ4v) is 5.12. The quantitative estimate of drug-likeness (QED) is 0.383. The lowest BCUT2D eigenvalue weighted by molar-refractivity contribution is -0.117.